The lowest BCUT2D eigenvalue weighted by molar-refractivity contribution is -0.129. The van der Waals surface area contributed by atoms with E-state index in [0.717, 1.165) is 13.0 Å². The summed E-state index contributed by atoms with van der Waals surface area (Å²) in [6.45, 7) is 2.87. The molecule has 1 aliphatic carbocycles. The molecule has 1 heterocycles. The molecular formula is C10H15NO2. The summed E-state index contributed by atoms with van der Waals surface area (Å²) < 4.78 is 0. The molecule has 3 heteroatoms. The van der Waals surface area contributed by atoms with Gasteiger partial charge in [0.2, 0.25) is 0 Å². The van der Waals surface area contributed by atoms with E-state index in [1.165, 1.54) is 12.8 Å². The molecule has 0 aromatic heterocycles. The fourth-order valence-electron chi connectivity index (χ4n) is 1.78. The lowest BCUT2D eigenvalue weighted by atomic mass is 10.2. The van der Waals surface area contributed by atoms with E-state index in [4.69, 9.17) is 0 Å². The van der Waals surface area contributed by atoms with Gasteiger partial charge in [0.05, 0.1) is 6.04 Å². The van der Waals surface area contributed by atoms with Crippen LogP contribution in [0, 0.1) is 5.92 Å². The summed E-state index contributed by atoms with van der Waals surface area (Å²) in [6, 6.07) is 0.132. The van der Waals surface area contributed by atoms with Gasteiger partial charge in [-0.1, -0.05) is 6.92 Å². The van der Waals surface area contributed by atoms with Gasteiger partial charge in [-0.15, -0.1) is 0 Å². The summed E-state index contributed by atoms with van der Waals surface area (Å²) in [5.41, 5.74) is 0. The van der Waals surface area contributed by atoms with Crippen LogP contribution in [0.15, 0.2) is 11.8 Å². The molecule has 72 valence electrons. The second kappa shape index (κ2) is 3.05. The average molecular weight is 181 g/mol. The monoisotopic (exact) mass is 181 g/mol. The fraction of sp³-hybridized carbons (Fsp3) is 0.700. The third-order valence-electron chi connectivity index (χ3n) is 2.80. The maximum Gasteiger partial charge on any atom is 0.288 e. The first-order valence-electron chi connectivity index (χ1n) is 4.94. The van der Waals surface area contributed by atoms with E-state index >= 15 is 0 Å². The number of nitrogens with zero attached hydrogens (tertiary/aromatic N) is 1. The molecule has 1 amide bonds. The van der Waals surface area contributed by atoms with Gasteiger partial charge in [-0.3, -0.25) is 4.79 Å². The largest absolute Gasteiger partial charge is 0.503 e. The van der Waals surface area contributed by atoms with Crippen LogP contribution in [-0.4, -0.2) is 28.5 Å². The molecule has 1 saturated carbocycles. The normalized spacial score (nSPS) is 28.1. The highest BCUT2D eigenvalue weighted by atomic mass is 16.3. The van der Waals surface area contributed by atoms with Crippen LogP contribution >= 0.6 is 0 Å². The molecule has 0 bridgehead atoms. The molecule has 1 N–H and O–H groups in total. The Morgan fingerprint density at radius 1 is 1.62 bits per heavy atom. The van der Waals surface area contributed by atoms with Crippen molar-refractivity contribution < 1.29 is 9.90 Å². The number of carbonyl (C=O) groups excluding carboxylic acids is 1. The summed E-state index contributed by atoms with van der Waals surface area (Å²) in [6.07, 6.45) is 5.04. The number of hydrogen-bond acceptors (Lipinski definition) is 2. The topological polar surface area (TPSA) is 40.5 Å². The highest BCUT2D eigenvalue weighted by molar-refractivity contribution is 5.94. The highest BCUT2D eigenvalue weighted by Crippen LogP contribution is 2.32. The molecule has 3 nitrogen and oxygen atoms in total. The molecule has 1 unspecified atom stereocenters. The molecule has 0 saturated heterocycles. The Bertz CT molecular complexity index is 256. The van der Waals surface area contributed by atoms with Gasteiger partial charge in [0.15, 0.2) is 5.76 Å². The average Bonchev–Trinajstić information content (AvgIpc) is 2.88. The third kappa shape index (κ3) is 1.55. The summed E-state index contributed by atoms with van der Waals surface area (Å²) in [5.74, 6) is 0.448. The summed E-state index contributed by atoms with van der Waals surface area (Å²) in [7, 11) is 0. The fourth-order valence-corrected chi connectivity index (χ4v) is 1.78. The predicted octanol–water partition coefficient (Wildman–Crippen LogP) is 1.46. The zero-order valence-corrected chi connectivity index (χ0v) is 7.86. The van der Waals surface area contributed by atoms with Crippen LogP contribution in [0.4, 0.5) is 0 Å². The van der Waals surface area contributed by atoms with E-state index in [2.05, 4.69) is 0 Å². The molecule has 1 fully saturated rings. The van der Waals surface area contributed by atoms with Crippen LogP contribution in [0.3, 0.4) is 0 Å². The van der Waals surface area contributed by atoms with Crippen LogP contribution in [0.25, 0.3) is 0 Å². The van der Waals surface area contributed by atoms with E-state index in [1.54, 1.807) is 11.0 Å². The first-order valence-corrected chi connectivity index (χ1v) is 4.94. The molecule has 1 aliphatic heterocycles. The number of rotatable bonds is 3. The maximum atomic E-state index is 11.4. The molecule has 2 rings (SSSR count). The zero-order chi connectivity index (χ0) is 9.42. The zero-order valence-electron chi connectivity index (χ0n) is 7.86. The van der Waals surface area contributed by atoms with Crippen molar-refractivity contribution in [2.45, 2.75) is 32.2 Å². The minimum absolute atomic E-state index is 0.0625. The molecule has 1 atom stereocenters. The van der Waals surface area contributed by atoms with Crippen LogP contribution in [-0.2, 0) is 4.79 Å². The third-order valence-corrected chi connectivity index (χ3v) is 2.80. The Morgan fingerprint density at radius 3 is 2.85 bits per heavy atom. The van der Waals surface area contributed by atoms with Gasteiger partial charge in [0.1, 0.15) is 0 Å². The predicted molar refractivity (Wildman–Crippen MR) is 49.2 cm³/mol. The quantitative estimate of drug-likeness (QED) is 0.716. The Hall–Kier alpha value is -0.990. The summed E-state index contributed by atoms with van der Waals surface area (Å²) in [4.78, 5) is 13.2. The van der Waals surface area contributed by atoms with Gasteiger partial charge in [-0.05, 0) is 31.3 Å². The van der Waals surface area contributed by atoms with Gasteiger partial charge < -0.3 is 10.0 Å². The smallest absolute Gasteiger partial charge is 0.288 e. The van der Waals surface area contributed by atoms with E-state index in [0.29, 0.717) is 5.92 Å². The second-order valence-corrected chi connectivity index (χ2v) is 3.93. The van der Waals surface area contributed by atoms with Gasteiger partial charge in [-0.2, -0.15) is 0 Å². The van der Waals surface area contributed by atoms with E-state index in [1.807, 2.05) is 6.92 Å². The first kappa shape index (κ1) is 8.60. The molecule has 0 aromatic rings. The van der Waals surface area contributed by atoms with Crippen molar-refractivity contribution in [3.05, 3.63) is 11.8 Å². The number of hydrogen-bond donors (Lipinski definition) is 1. The van der Waals surface area contributed by atoms with E-state index < -0.39 is 0 Å². The van der Waals surface area contributed by atoms with Crippen LogP contribution in [0.5, 0.6) is 0 Å². The van der Waals surface area contributed by atoms with Crippen LogP contribution in [0.1, 0.15) is 26.2 Å². The maximum absolute atomic E-state index is 11.4. The minimum atomic E-state index is -0.182. The van der Waals surface area contributed by atoms with Crippen molar-refractivity contribution in [3.63, 3.8) is 0 Å². The number of amides is 1. The molecule has 2 aliphatic rings. The van der Waals surface area contributed by atoms with Gasteiger partial charge in [0, 0.05) is 6.54 Å². The van der Waals surface area contributed by atoms with E-state index in [-0.39, 0.29) is 17.7 Å². The lowest BCUT2D eigenvalue weighted by Crippen LogP contribution is -2.35. The Balaban J connectivity index is 2.03. The number of carbonyl (C=O) groups is 1. The van der Waals surface area contributed by atoms with Crippen molar-refractivity contribution in [2.24, 2.45) is 5.92 Å². The van der Waals surface area contributed by atoms with E-state index in [9.17, 15) is 9.90 Å². The van der Waals surface area contributed by atoms with Crippen molar-refractivity contribution in [1.29, 1.82) is 0 Å². The highest BCUT2D eigenvalue weighted by Gasteiger charge is 2.35. The standard InChI is InChI=1S/C10H15NO2/c1-2-8-5-9(12)10(13)11(8)6-7-3-4-7/h5,7-8,12H,2-4,6H2,1H3. The second-order valence-electron chi connectivity index (χ2n) is 3.93. The van der Waals surface area contributed by atoms with Crippen LogP contribution < -0.4 is 0 Å². The molecule has 13 heavy (non-hydrogen) atoms. The Labute approximate surface area is 78.0 Å². The molecular weight excluding hydrogens is 166 g/mol. The molecule has 0 aromatic carbocycles. The van der Waals surface area contributed by atoms with Gasteiger partial charge >= 0.3 is 0 Å². The molecule has 0 spiro atoms. The van der Waals surface area contributed by atoms with Crippen molar-refractivity contribution in [1.82, 2.24) is 4.90 Å². The van der Waals surface area contributed by atoms with Crippen molar-refractivity contribution in [2.75, 3.05) is 6.54 Å². The SMILES string of the molecule is CCC1C=C(O)C(=O)N1CC1CC1. The molecule has 0 radical (unpaired) electrons. The van der Waals surface area contributed by atoms with Crippen molar-refractivity contribution >= 4 is 5.91 Å². The minimum Gasteiger partial charge on any atom is -0.503 e. The summed E-state index contributed by atoms with van der Waals surface area (Å²) in [5, 5.41) is 9.27. The van der Waals surface area contributed by atoms with Gasteiger partial charge in [-0.25, -0.2) is 0 Å². The van der Waals surface area contributed by atoms with Crippen molar-refractivity contribution in [3.8, 4) is 0 Å². The Kier molecular flexibility index (Phi) is 2.02. The number of aliphatic hydroxyl groups is 1. The number of aliphatic hydroxyl groups excluding tert-OH is 1. The van der Waals surface area contributed by atoms with Gasteiger partial charge in [0.25, 0.3) is 5.91 Å². The lowest BCUT2D eigenvalue weighted by Gasteiger charge is -2.22. The Morgan fingerprint density at radius 2 is 2.31 bits per heavy atom. The first-order chi connectivity index (χ1) is 6.22. The van der Waals surface area contributed by atoms with Crippen LogP contribution in [0.2, 0.25) is 0 Å². The summed E-state index contributed by atoms with van der Waals surface area (Å²) >= 11 is 0.